The van der Waals surface area contributed by atoms with Crippen LogP contribution in [0.4, 0.5) is 5.13 Å². The Bertz CT molecular complexity index is 574. The molecular formula is C14H18N4O2S. The highest BCUT2D eigenvalue weighted by Crippen LogP contribution is 2.14. The van der Waals surface area contributed by atoms with Crippen LogP contribution in [-0.2, 0) is 11.3 Å². The molecule has 2 N–H and O–H groups in total. The number of hydrogen-bond acceptors (Lipinski definition) is 6. The minimum Gasteiger partial charge on any atom is -0.478 e. The summed E-state index contributed by atoms with van der Waals surface area (Å²) in [6.45, 7) is 4.79. The van der Waals surface area contributed by atoms with E-state index in [1.165, 1.54) is 11.3 Å². The molecule has 0 aliphatic carbocycles. The van der Waals surface area contributed by atoms with Gasteiger partial charge in [0.15, 0.2) is 5.13 Å². The van der Waals surface area contributed by atoms with Gasteiger partial charge in [0.05, 0.1) is 12.6 Å². The fourth-order valence-corrected chi connectivity index (χ4v) is 2.21. The van der Waals surface area contributed by atoms with Crippen LogP contribution in [0.3, 0.4) is 0 Å². The smallest absolute Gasteiger partial charge is 0.243 e. The molecule has 2 heterocycles. The number of nitrogens with one attached hydrogen (secondary N) is 2. The van der Waals surface area contributed by atoms with Crippen LogP contribution in [0.5, 0.6) is 5.88 Å². The molecule has 7 heteroatoms. The normalized spacial score (nSPS) is 11.9. The molecule has 2 rings (SSSR count). The van der Waals surface area contributed by atoms with Gasteiger partial charge in [-0.2, -0.15) is 0 Å². The van der Waals surface area contributed by atoms with Crippen LogP contribution >= 0.6 is 11.3 Å². The fourth-order valence-electron chi connectivity index (χ4n) is 1.68. The van der Waals surface area contributed by atoms with E-state index in [1.807, 2.05) is 24.4 Å². The molecule has 1 amide bonds. The van der Waals surface area contributed by atoms with Gasteiger partial charge in [0.25, 0.3) is 0 Å². The quantitative estimate of drug-likeness (QED) is 0.819. The number of thiazole rings is 1. The molecule has 2 aromatic heterocycles. The minimum atomic E-state index is -0.344. The van der Waals surface area contributed by atoms with Crippen LogP contribution in [-0.4, -0.2) is 28.5 Å². The molecule has 0 unspecified atom stereocenters. The number of rotatable bonds is 7. The zero-order valence-electron chi connectivity index (χ0n) is 12.0. The molecule has 0 spiro atoms. The van der Waals surface area contributed by atoms with Gasteiger partial charge in [-0.25, -0.2) is 9.97 Å². The van der Waals surface area contributed by atoms with Crippen molar-refractivity contribution in [2.45, 2.75) is 26.4 Å². The van der Waals surface area contributed by atoms with Gasteiger partial charge >= 0.3 is 0 Å². The van der Waals surface area contributed by atoms with Crippen molar-refractivity contribution in [3.63, 3.8) is 0 Å². The van der Waals surface area contributed by atoms with Gasteiger partial charge in [0.1, 0.15) is 0 Å². The lowest BCUT2D eigenvalue weighted by molar-refractivity contribution is -0.117. The number of carbonyl (C=O) groups excluding carboxylic acids is 1. The third kappa shape index (κ3) is 4.51. The van der Waals surface area contributed by atoms with Gasteiger partial charge in [-0.05, 0) is 19.9 Å². The van der Waals surface area contributed by atoms with E-state index in [2.05, 4.69) is 20.6 Å². The lowest BCUT2D eigenvalue weighted by Gasteiger charge is -2.14. The standard InChI is InChI=1S/C14H18N4O2S/c1-3-20-13-11(5-4-6-15-13)9-17-10(2)12(19)18-14-16-7-8-21-14/h4-8,10,17H,3,9H2,1-2H3,(H,16,18,19)/t10-/m1/s1. The summed E-state index contributed by atoms with van der Waals surface area (Å²) in [5.74, 6) is 0.479. The number of pyridine rings is 1. The van der Waals surface area contributed by atoms with Crippen molar-refractivity contribution in [1.29, 1.82) is 0 Å². The first-order valence-corrected chi connectivity index (χ1v) is 7.59. The van der Waals surface area contributed by atoms with E-state index in [4.69, 9.17) is 4.74 Å². The number of anilines is 1. The summed E-state index contributed by atoms with van der Waals surface area (Å²) in [7, 11) is 0. The van der Waals surface area contributed by atoms with Gasteiger partial charge in [0, 0.05) is 29.9 Å². The number of nitrogens with zero attached hydrogens (tertiary/aromatic N) is 2. The van der Waals surface area contributed by atoms with Gasteiger partial charge in [-0.15, -0.1) is 11.3 Å². The first-order chi connectivity index (χ1) is 10.2. The molecular weight excluding hydrogens is 288 g/mol. The summed E-state index contributed by atoms with van der Waals surface area (Å²) < 4.78 is 5.46. The third-order valence-electron chi connectivity index (χ3n) is 2.79. The van der Waals surface area contributed by atoms with Crippen molar-refractivity contribution in [3.8, 4) is 5.88 Å². The molecule has 6 nitrogen and oxygen atoms in total. The Morgan fingerprint density at radius 2 is 2.29 bits per heavy atom. The number of amides is 1. The number of hydrogen-bond donors (Lipinski definition) is 2. The molecule has 0 saturated carbocycles. The average Bonchev–Trinajstić information content (AvgIpc) is 2.99. The third-order valence-corrected chi connectivity index (χ3v) is 3.47. The summed E-state index contributed by atoms with van der Waals surface area (Å²) in [6.07, 6.45) is 3.34. The van der Waals surface area contributed by atoms with Crippen molar-refractivity contribution in [2.75, 3.05) is 11.9 Å². The molecule has 21 heavy (non-hydrogen) atoms. The maximum Gasteiger partial charge on any atom is 0.243 e. The average molecular weight is 306 g/mol. The highest BCUT2D eigenvalue weighted by atomic mass is 32.1. The number of ether oxygens (including phenoxy) is 1. The Hall–Kier alpha value is -1.99. The fraction of sp³-hybridized carbons (Fsp3) is 0.357. The highest BCUT2D eigenvalue weighted by molar-refractivity contribution is 7.13. The van der Waals surface area contributed by atoms with Gasteiger partial charge < -0.3 is 15.4 Å². The van der Waals surface area contributed by atoms with Crippen LogP contribution in [0.25, 0.3) is 0 Å². The Balaban J connectivity index is 1.88. The zero-order chi connectivity index (χ0) is 15.1. The van der Waals surface area contributed by atoms with E-state index in [0.717, 1.165) is 5.56 Å². The summed E-state index contributed by atoms with van der Waals surface area (Å²) in [5, 5.41) is 8.33. The molecule has 0 bridgehead atoms. The Kier molecular flexibility index (Phi) is 5.65. The molecule has 0 radical (unpaired) electrons. The second-order valence-electron chi connectivity index (χ2n) is 4.33. The van der Waals surface area contributed by atoms with E-state index < -0.39 is 0 Å². The largest absolute Gasteiger partial charge is 0.478 e. The monoisotopic (exact) mass is 306 g/mol. The van der Waals surface area contributed by atoms with E-state index in [9.17, 15) is 4.79 Å². The van der Waals surface area contributed by atoms with Crippen LogP contribution in [0.2, 0.25) is 0 Å². The predicted molar refractivity (Wildman–Crippen MR) is 82.5 cm³/mol. The summed E-state index contributed by atoms with van der Waals surface area (Å²) >= 11 is 1.39. The Morgan fingerprint density at radius 1 is 1.43 bits per heavy atom. The molecule has 0 saturated heterocycles. The predicted octanol–water partition coefficient (Wildman–Crippen LogP) is 2.05. The molecule has 0 fully saturated rings. The zero-order valence-corrected chi connectivity index (χ0v) is 12.8. The van der Waals surface area contributed by atoms with Crippen molar-refractivity contribution in [2.24, 2.45) is 0 Å². The SMILES string of the molecule is CCOc1ncccc1CN[C@H](C)C(=O)Nc1nccs1. The summed E-state index contributed by atoms with van der Waals surface area (Å²) in [5.41, 5.74) is 0.924. The van der Waals surface area contributed by atoms with Crippen molar-refractivity contribution in [3.05, 3.63) is 35.5 Å². The van der Waals surface area contributed by atoms with Crippen LogP contribution < -0.4 is 15.4 Å². The second kappa shape index (κ2) is 7.70. The second-order valence-corrected chi connectivity index (χ2v) is 5.22. The lowest BCUT2D eigenvalue weighted by Crippen LogP contribution is -2.37. The molecule has 0 aromatic carbocycles. The molecule has 1 atom stereocenters. The number of aromatic nitrogens is 2. The summed E-state index contributed by atoms with van der Waals surface area (Å²) in [4.78, 5) is 20.2. The Morgan fingerprint density at radius 3 is 3.00 bits per heavy atom. The maximum atomic E-state index is 12.0. The first-order valence-electron chi connectivity index (χ1n) is 6.71. The lowest BCUT2D eigenvalue weighted by atomic mass is 10.2. The molecule has 2 aromatic rings. The van der Waals surface area contributed by atoms with E-state index in [0.29, 0.717) is 24.2 Å². The van der Waals surface area contributed by atoms with E-state index in [1.54, 1.807) is 19.3 Å². The van der Waals surface area contributed by atoms with E-state index in [-0.39, 0.29) is 11.9 Å². The van der Waals surface area contributed by atoms with Crippen LogP contribution in [0.15, 0.2) is 29.9 Å². The van der Waals surface area contributed by atoms with Gasteiger partial charge in [-0.3, -0.25) is 4.79 Å². The maximum absolute atomic E-state index is 12.0. The Labute approximate surface area is 127 Å². The molecule has 0 aliphatic heterocycles. The number of carbonyl (C=O) groups is 1. The van der Waals surface area contributed by atoms with E-state index >= 15 is 0 Å². The topological polar surface area (TPSA) is 76.1 Å². The van der Waals surface area contributed by atoms with Gasteiger partial charge in [-0.1, -0.05) is 6.07 Å². The van der Waals surface area contributed by atoms with Crippen molar-refractivity contribution in [1.82, 2.24) is 15.3 Å². The van der Waals surface area contributed by atoms with Gasteiger partial charge in [0.2, 0.25) is 11.8 Å². The molecule has 0 aliphatic rings. The van der Waals surface area contributed by atoms with Crippen molar-refractivity contribution < 1.29 is 9.53 Å². The minimum absolute atomic E-state index is 0.119. The first kappa shape index (κ1) is 15.4. The van der Waals surface area contributed by atoms with Crippen molar-refractivity contribution >= 4 is 22.4 Å². The summed E-state index contributed by atoms with van der Waals surface area (Å²) in [6, 6.07) is 3.43. The van der Waals surface area contributed by atoms with Crippen LogP contribution in [0.1, 0.15) is 19.4 Å². The van der Waals surface area contributed by atoms with Crippen LogP contribution in [0, 0.1) is 0 Å². The highest BCUT2D eigenvalue weighted by Gasteiger charge is 2.14. The molecule has 112 valence electrons.